The van der Waals surface area contributed by atoms with Gasteiger partial charge in [0.1, 0.15) is 0 Å². The van der Waals surface area contributed by atoms with Crippen LogP contribution in [0.3, 0.4) is 0 Å². The quantitative estimate of drug-likeness (QED) is 0.530. The zero-order chi connectivity index (χ0) is 19.6. The number of benzene rings is 2. The number of ether oxygens (including phenoxy) is 2. The highest BCUT2D eigenvalue weighted by Crippen LogP contribution is 2.29. The molecule has 144 valence electrons. The molecule has 2 aromatic carbocycles. The Morgan fingerprint density at radius 2 is 1.89 bits per heavy atom. The molecule has 0 aliphatic rings. The molecule has 27 heavy (non-hydrogen) atoms. The molecule has 0 aliphatic carbocycles. The molecule has 0 saturated heterocycles. The van der Waals surface area contributed by atoms with Gasteiger partial charge in [0.05, 0.1) is 20.4 Å². The first kappa shape index (κ1) is 20.3. The van der Waals surface area contributed by atoms with E-state index < -0.39 is 0 Å². The van der Waals surface area contributed by atoms with E-state index in [1.165, 1.54) is 11.8 Å². The Kier molecular flexibility index (Phi) is 7.67. The normalized spacial score (nSPS) is 11.9. The molecule has 0 aliphatic heterocycles. The van der Waals surface area contributed by atoms with Crippen LogP contribution < -0.4 is 14.8 Å². The lowest BCUT2D eigenvalue weighted by atomic mass is 9.99. The molecule has 0 fully saturated rings. The van der Waals surface area contributed by atoms with Gasteiger partial charge in [-0.1, -0.05) is 37.2 Å². The molecule has 0 heterocycles. The number of rotatable bonds is 9. The van der Waals surface area contributed by atoms with Gasteiger partial charge in [-0.3, -0.25) is 4.79 Å². The molecule has 0 bridgehead atoms. The summed E-state index contributed by atoms with van der Waals surface area (Å²) in [6.45, 7) is 4.14. The Labute approximate surface area is 160 Å². The van der Waals surface area contributed by atoms with E-state index in [1.807, 2.05) is 36.4 Å². The minimum atomic E-state index is -0.277. The van der Waals surface area contributed by atoms with Crippen LogP contribution >= 0.6 is 0 Å². The number of oxime groups is 1. The van der Waals surface area contributed by atoms with Crippen LogP contribution in [0.1, 0.15) is 37.3 Å². The van der Waals surface area contributed by atoms with Gasteiger partial charge in [-0.15, -0.1) is 0 Å². The van der Waals surface area contributed by atoms with E-state index >= 15 is 0 Å². The number of carbonyl (C=O) groups excluding carboxylic acids is 1. The molecule has 2 aromatic rings. The van der Waals surface area contributed by atoms with Crippen molar-refractivity contribution in [2.45, 2.75) is 26.2 Å². The molecule has 1 atom stereocenters. The summed E-state index contributed by atoms with van der Waals surface area (Å²) >= 11 is 0. The van der Waals surface area contributed by atoms with Crippen molar-refractivity contribution in [2.24, 2.45) is 5.16 Å². The zero-order valence-corrected chi connectivity index (χ0v) is 16.2. The molecular weight excluding hydrogens is 344 g/mol. The number of methoxy groups -OCH3 is 2. The van der Waals surface area contributed by atoms with Crippen LogP contribution in [-0.2, 0) is 9.63 Å². The van der Waals surface area contributed by atoms with Crippen LogP contribution in [-0.4, -0.2) is 32.9 Å². The standard InChI is InChI=1S/C21H26N2O4/c1-5-15(2)16-9-11-18(12-10-16)23-20(24)14-27-22-13-17-7-6-8-19(25-3)21(17)26-4/h6-13,15H,5,14H2,1-4H3,(H,23,24)/b22-13-/t15-/m1/s1. The molecule has 0 saturated carbocycles. The lowest BCUT2D eigenvalue weighted by molar-refractivity contribution is -0.120. The first-order valence-corrected chi connectivity index (χ1v) is 8.85. The van der Waals surface area contributed by atoms with Gasteiger partial charge in [-0.2, -0.15) is 0 Å². The summed E-state index contributed by atoms with van der Waals surface area (Å²) in [6, 6.07) is 13.3. The Bertz CT molecular complexity index is 772. The predicted octanol–water partition coefficient (Wildman–Crippen LogP) is 4.21. The van der Waals surface area contributed by atoms with Gasteiger partial charge in [0.25, 0.3) is 5.91 Å². The van der Waals surface area contributed by atoms with Crippen molar-refractivity contribution in [3.05, 3.63) is 53.6 Å². The summed E-state index contributed by atoms with van der Waals surface area (Å²) in [5, 5.41) is 6.62. The fourth-order valence-corrected chi connectivity index (χ4v) is 2.53. The second-order valence-corrected chi connectivity index (χ2v) is 6.07. The maximum absolute atomic E-state index is 12.0. The van der Waals surface area contributed by atoms with E-state index in [9.17, 15) is 4.79 Å². The van der Waals surface area contributed by atoms with Crippen LogP contribution in [0.4, 0.5) is 5.69 Å². The SMILES string of the molecule is CC[C@@H](C)c1ccc(NC(=O)CO/N=C\c2cccc(OC)c2OC)cc1. The third kappa shape index (κ3) is 5.74. The van der Waals surface area contributed by atoms with Crippen molar-refractivity contribution in [3.8, 4) is 11.5 Å². The van der Waals surface area contributed by atoms with Crippen LogP contribution in [0.2, 0.25) is 0 Å². The number of nitrogens with one attached hydrogen (secondary N) is 1. The van der Waals surface area contributed by atoms with Crippen LogP contribution in [0.5, 0.6) is 11.5 Å². The second kappa shape index (κ2) is 10.2. The topological polar surface area (TPSA) is 69.2 Å². The zero-order valence-electron chi connectivity index (χ0n) is 16.2. The Balaban J connectivity index is 1.87. The van der Waals surface area contributed by atoms with Crippen LogP contribution in [0, 0.1) is 0 Å². The number of amides is 1. The summed E-state index contributed by atoms with van der Waals surface area (Å²) in [5.41, 5.74) is 2.68. The summed E-state index contributed by atoms with van der Waals surface area (Å²) in [7, 11) is 3.12. The maximum atomic E-state index is 12.0. The molecule has 2 rings (SSSR count). The van der Waals surface area contributed by atoms with E-state index in [1.54, 1.807) is 20.3 Å². The first-order valence-electron chi connectivity index (χ1n) is 8.85. The average molecular weight is 370 g/mol. The van der Waals surface area contributed by atoms with Gasteiger partial charge in [-0.05, 0) is 42.2 Å². The Morgan fingerprint density at radius 3 is 2.52 bits per heavy atom. The summed E-state index contributed by atoms with van der Waals surface area (Å²) in [5.74, 6) is 1.38. The van der Waals surface area contributed by atoms with Crippen molar-refractivity contribution in [2.75, 3.05) is 26.1 Å². The Hall–Kier alpha value is -3.02. The number of anilines is 1. The highest BCUT2D eigenvalue weighted by atomic mass is 16.6. The van der Waals surface area contributed by atoms with Gasteiger partial charge >= 0.3 is 0 Å². The van der Waals surface area contributed by atoms with Crippen molar-refractivity contribution in [3.63, 3.8) is 0 Å². The van der Waals surface area contributed by atoms with Crippen molar-refractivity contribution in [1.82, 2.24) is 0 Å². The monoisotopic (exact) mass is 370 g/mol. The molecule has 1 N–H and O–H groups in total. The third-order valence-electron chi connectivity index (χ3n) is 4.27. The lowest BCUT2D eigenvalue weighted by Crippen LogP contribution is -2.17. The molecule has 1 amide bonds. The second-order valence-electron chi connectivity index (χ2n) is 6.07. The largest absolute Gasteiger partial charge is 0.493 e. The fourth-order valence-electron chi connectivity index (χ4n) is 2.53. The van der Waals surface area contributed by atoms with Gasteiger partial charge in [-0.25, -0.2) is 0 Å². The summed E-state index contributed by atoms with van der Waals surface area (Å²) in [6.07, 6.45) is 2.56. The van der Waals surface area contributed by atoms with Crippen molar-refractivity contribution >= 4 is 17.8 Å². The highest BCUT2D eigenvalue weighted by molar-refractivity contribution is 5.91. The molecule has 0 unspecified atom stereocenters. The molecule has 0 aromatic heterocycles. The minimum absolute atomic E-state index is 0.185. The first-order chi connectivity index (χ1) is 13.1. The number of para-hydroxylation sites is 1. The summed E-state index contributed by atoms with van der Waals surface area (Å²) in [4.78, 5) is 17.1. The fraction of sp³-hybridized carbons (Fsp3) is 0.333. The Morgan fingerprint density at radius 1 is 1.15 bits per heavy atom. The van der Waals surface area contributed by atoms with E-state index in [-0.39, 0.29) is 12.5 Å². The minimum Gasteiger partial charge on any atom is -0.493 e. The van der Waals surface area contributed by atoms with Crippen molar-refractivity contribution < 1.29 is 19.1 Å². The number of hydrogen-bond donors (Lipinski definition) is 1. The molecule has 0 spiro atoms. The number of hydrogen-bond acceptors (Lipinski definition) is 5. The summed E-state index contributed by atoms with van der Waals surface area (Å²) < 4.78 is 10.5. The molecule has 0 radical (unpaired) electrons. The smallest absolute Gasteiger partial charge is 0.265 e. The van der Waals surface area contributed by atoms with E-state index in [4.69, 9.17) is 14.3 Å². The maximum Gasteiger partial charge on any atom is 0.265 e. The molecule has 6 heteroatoms. The van der Waals surface area contributed by atoms with Crippen molar-refractivity contribution in [1.29, 1.82) is 0 Å². The van der Waals surface area contributed by atoms with E-state index in [0.29, 0.717) is 23.0 Å². The van der Waals surface area contributed by atoms with Gasteiger partial charge in [0, 0.05) is 11.3 Å². The molecule has 6 nitrogen and oxygen atoms in total. The number of carbonyl (C=O) groups is 1. The average Bonchev–Trinajstić information content (AvgIpc) is 2.70. The van der Waals surface area contributed by atoms with Gasteiger partial charge in [0.2, 0.25) is 0 Å². The van der Waals surface area contributed by atoms with Gasteiger partial charge in [0.15, 0.2) is 18.1 Å². The van der Waals surface area contributed by atoms with Gasteiger partial charge < -0.3 is 19.6 Å². The molecular formula is C21H26N2O4. The van der Waals surface area contributed by atoms with Crippen LogP contribution in [0.15, 0.2) is 47.6 Å². The predicted molar refractivity (Wildman–Crippen MR) is 107 cm³/mol. The van der Waals surface area contributed by atoms with E-state index in [0.717, 1.165) is 12.1 Å². The highest BCUT2D eigenvalue weighted by Gasteiger charge is 2.08. The van der Waals surface area contributed by atoms with E-state index in [2.05, 4.69) is 24.3 Å². The third-order valence-corrected chi connectivity index (χ3v) is 4.27. The lowest BCUT2D eigenvalue weighted by Gasteiger charge is -2.10. The van der Waals surface area contributed by atoms with Crippen LogP contribution in [0.25, 0.3) is 0 Å². The number of nitrogens with zero attached hydrogens (tertiary/aromatic N) is 1.